The number of nitrogens with zero attached hydrogens (tertiary/aromatic N) is 1. The van der Waals surface area contributed by atoms with E-state index in [-0.39, 0.29) is 6.54 Å². The monoisotopic (exact) mass is 238 g/mol. The molecule has 0 saturated carbocycles. The molecule has 0 radical (unpaired) electrons. The number of hydrogen-bond donors (Lipinski definition) is 2. The zero-order valence-electron chi connectivity index (χ0n) is 9.03. The van der Waals surface area contributed by atoms with Crippen molar-refractivity contribution in [3.05, 3.63) is 0 Å². The van der Waals surface area contributed by atoms with Gasteiger partial charge in [-0.15, -0.1) is 0 Å². The number of likely N-dealkylation sites (tertiary alicyclic amines) is 1. The second kappa shape index (κ2) is 4.92. The minimum atomic E-state index is -2.93. The molecule has 5 nitrogen and oxygen atoms in total. The van der Waals surface area contributed by atoms with E-state index in [1.54, 1.807) is 0 Å². The quantitative estimate of drug-likeness (QED) is 0.760. The molecule has 1 aliphatic rings. The number of hydrogen-bond acceptors (Lipinski definition) is 3. The van der Waals surface area contributed by atoms with Gasteiger partial charge in [0, 0.05) is 19.5 Å². The molecule has 7 heteroatoms. The minimum absolute atomic E-state index is 0.0482. The van der Waals surface area contributed by atoms with Crippen LogP contribution in [0, 0.1) is 0 Å². The summed E-state index contributed by atoms with van der Waals surface area (Å²) in [7, 11) is 0. The van der Waals surface area contributed by atoms with Gasteiger partial charge in [0.25, 0.3) is 5.92 Å². The van der Waals surface area contributed by atoms with Gasteiger partial charge in [0.1, 0.15) is 6.61 Å². The van der Waals surface area contributed by atoms with Gasteiger partial charge in [-0.25, -0.2) is 13.6 Å². The van der Waals surface area contributed by atoms with E-state index in [1.165, 1.54) is 0 Å². The summed E-state index contributed by atoms with van der Waals surface area (Å²) in [5.74, 6) is -2.93. The lowest BCUT2D eigenvalue weighted by Crippen LogP contribution is -2.53. The van der Waals surface area contributed by atoms with Crippen LogP contribution in [0.25, 0.3) is 0 Å². The maximum absolute atomic E-state index is 12.6. The summed E-state index contributed by atoms with van der Waals surface area (Å²) in [6.45, 7) is 0.376. The number of carbonyl (C=O) groups is 1. The second-order valence-electron chi connectivity index (χ2n) is 4.10. The van der Waals surface area contributed by atoms with Gasteiger partial charge < -0.3 is 20.5 Å². The molecule has 1 saturated heterocycles. The van der Waals surface area contributed by atoms with Crippen molar-refractivity contribution in [2.24, 2.45) is 5.73 Å². The molecular formula is C9H16F2N2O3. The SMILES string of the molecule is CC(F)(F)CO[C@H]1CN(C(=O)O)CC[C@H]1N. The zero-order valence-corrected chi connectivity index (χ0v) is 9.03. The Morgan fingerprint density at radius 2 is 2.31 bits per heavy atom. The van der Waals surface area contributed by atoms with Crippen molar-refractivity contribution in [3.8, 4) is 0 Å². The van der Waals surface area contributed by atoms with Crippen LogP contribution >= 0.6 is 0 Å². The molecule has 0 bridgehead atoms. The van der Waals surface area contributed by atoms with Crippen molar-refractivity contribution in [1.82, 2.24) is 4.90 Å². The molecule has 94 valence electrons. The number of nitrogens with two attached hydrogens (primary N) is 1. The van der Waals surface area contributed by atoms with Crippen molar-refractivity contribution in [2.75, 3.05) is 19.7 Å². The highest BCUT2D eigenvalue weighted by atomic mass is 19.3. The van der Waals surface area contributed by atoms with Gasteiger partial charge in [-0.2, -0.15) is 0 Å². The Morgan fingerprint density at radius 1 is 1.69 bits per heavy atom. The van der Waals surface area contributed by atoms with E-state index in [1.807, 2.05) is 0 Å². The Balaban J connectivity index is 2.47. The molecule has 1 heterocycles. The Labute approximate surface area is 92.2 Å². The molecule has 1 rings (SSSR count). The van der Waals surface area contributed by atoms with Gasteiger partial charge in [-0.05, 0) is 6.42 Å². The summed E-state index contributed by atoms with van der Waals surface area (Å²) in [5.41, 5.74) is 5.68. The van der Waals surface area contributed by atoms with Gasteiger partial charge in [0.05, 0.1) is 12.6 Å². The van der Waals surface area contributed by atoms with Crippen molar-refractivity contribution in [1.29, 1.82) is 0 Å². The van der Waals surface area contributed by atoms with E-state index in [2.05, 4.69) is 0 Å². The van der Waals surface area contributed by atoms with Crippen molar-refractivity contribution < 1.29 is 23.4 Å². The van der Waals surface area contributed by atoms with Gasteiger partial charge in [-0.3, -0.25) is 0 Å². The molecule has 0 spiro atoms. The number of rotatable bonds is 3. The first kappa shape index (κ1) is 13.1. The zero-order chi connectivity index (χ0) is 12.3. The highest BCUT2D eigenvalue weighted by molar-refractivity contribution is 5.65. The number of alkyl halides is 2. The van der Waals surface area contributed by atoms with Crippen molar-refractivity contribution in [2.45, 2.75) is 31.4 Å². The molecular weight excluding hydrogens is 222 g/mol. The average molecular weight is 238 g/mol. The molecule has 0 aromatic heterocycles. The fraction of sp³-hybridized carbons (Fsp3) is 0.889. The normalized spacial score (nSPS) is 26.9. The molecule has 1 amide bonds. The fourth-order valence-electron chi connectivity index (χ4n) is 1.54. The van der Waals surface area contributed by atoms with Crippen LogP contribution in [-0.2, 0) is 4.74 Å². The first-order chi connectivity index (χ1) is 7.29. The van der Waals surface area contributed by atoms with Crippen LogP contribution in [0.5, 0.6) is 0 Å². The molecule has 16 heavy (non-hydrogen) atoms. The lowest BCUT2D eigenvalue weighted by molar-refractivity contribution is -0.103. The van der Waals surface area contributed by atoms with Crippen LogP contribution in [0.1, 0.15) is 13.3 Å². The van der Waals surface area contributed by atoms with E-state index in [0.717, 1.165) is 11.8 Å². The first-order valence-electron chi connectivity index (χ1n) is 5.02. The smallest absolute Gasteiger partial charge is 0.407 e. The van der Waals surface area contributed by atoms with E-state index < -0.39 is 30.8 Å². The van der Waals surface area contributed by atoms with Gasteiger partial charge in [-0.1, -0.05) is 0 Å². The third-order valence-corrected chi connectivity index (χ3v) is 2.43. The third kappa shape index (κ3) is 3.90. The highest BCUT2D eigenvalue weighted by Gasteiger charge is 2.32. The molecule has 1 fully saturated rings. The predicted octanol–water partition coefficient (Wildman–Crippen LogP) is 0.738. The van der Waals surface area contributed by atoms with Crippen LogP contribution in [0.3, 0.4) is 0 Å². The Bertz CT molecular complexity index is 258. The van der Waals surface area contributed by atoms with Crippen LogP contribution < -0.4 is 5.73 Å². The molecule has 3 N–H and O–H groups in total. The fourth-order valence-corrected chi connectivity index (χ4v) is 1.54. The number of amides is 1. The number of carboxylic acid groups (broad SMARTS) is 1. The summed E-state index contributed by atoms with van der Waals surface area (Å²) in [6, 6.07) is -0.391. The lowest BCUT2D eigenvalue weighted by Gasteiger charge is -2.35. The number of piperidine rings is 1. The van der Waals surface area contributed by atoms with Crippen molar-refractivity contribution >= 4 is 6.09 Å². The van der Waals surface area contributed by atoms with Crippen LogP contribution in [0.4, 0.5) is 13.6 Å². The van der Waals surface area contributed by atoms with Crippen LogP contribution in [0.15, 0.2) is 0 Å². The van der Waals surface area contributed by atoms with Crippen LogP contribution in [-0.4, -0.2) is 53.9 Å². The molecule has 1 aliphatic heterocycles. The van der Waals surface area contributed by atoms with E-state index in [4.69, 9.17) is 15.6 Å². The largest absolute Gasteiger partial charge is 0.465 e. The second-order valence-corrected chi connectivity index (χ2v) is 4.10. The molecule has 0 unspecified atom stereocenters. The standard InChI is InChI=1S/C9H16F2N2O3/c1-9(10,11)5-16-7-4-13(8(14)15)3-2-6(7)12/h6-7H,2-5,12H2,1H3,(H,14,15)/t6-,7+/m1/s1. The van der Waals surface area contributed by atoms with E-state index in [9.17, 15) is 13.6 Å². The maximum Gasteiger partial charge on any atom is 0.407 e. The van der Waals surface area contributed by atoms with E-state index in [0.29, 0.717) is 13.0 Å². The Morgan fingerprint density at radius 3 is 2.81 bits per heavy atom. The first-order valence-corrected chi connectivity index (χ1v) is 5.02. The van der Waals surface area contributed by atoms with Crippen LogP contribution in [0.2, 0.25) is 0 Å². The number of ether oxygens (including phenoxy) is 1. The summed E-state index contributed by atoms with van der Waals surface area (Å²) in [5, 5.41) is 8.75. The minimum Gasteiger partial charge on any atom is -0.465 e. The molecule has 0 aromatic carbocycles. The molecule has 0 aliphatic carbocycles. The van der Waals surface area contributed by atoms with Crippen molar-refractivity contribution in [3.63, 3.8) is 0 Å². The summed E-state index contributed by atoms with van der Waals surface area (Å²) >= 11 is 0. The summed E-state index contributed by atoms with van der Waals surface area (Å²) in [4.78, 5) is 11.8. The third-order valence-electron chi connectivity index (χ3n) is 2.43. The maximum atomic E-state index is 12.6. The van der Waals surface area contributed by atoms with Gasteiger partial charge >= 0.3 is 6.09 Å². The Hall–Kier alpha value is -0.950. The topological polar surface area (TPSA) is 75.8 Å². The molecule has 0 aromatic rings. The molecule has 2 atom stereocenters. The summed E-state index contributed by atoms with van der Waals surface area (Å²) in [6.07, 6.45) is -1.31. The number of halogens is 2. The highest BCUT2D eigenvalue weighted by Crippen LogP contribution is 2.17. The summed E-state index contributed by atoms with van der Waals surface area (Å²) < 4.78 is 30.1. The van der Waals surface area contributed by atoms with Gasteiger partial charge in [0.2, 0.25) is 0 Å². The van der Waals surface area contributed by atoms with Gasteiger partial charge in [0.15, 0.2) is 0 Å². The van der Waals surface area contributed by atoms with E-state index >= 15 is 0 Å². The lowest BCUT2D eigenvalue weighted by atomic mass is 10.0. The predicted molar refractivity (Wildman–Crippen MR) is 52.6 cm³/mol. The average Bonchev–Trinajstić information content (AvgIpc) is 2.14. The Kier molecular flexibility index (Phi) is 4.03.